The van der Waals surface area contributed by atoms with E-state index in [9.17, 15) is 8.42 Å². The van der Waals surface area contributed by atoms with Crippen LogP contribution in [0.2, 0.25) is 10.0 Å². The Labute approximate surface area is 124 Å². The molecule has 1 aromatic carbocycles. The molecule has 1 aromatic rings. The standard InChI is InChI=1S/C13H17Cl2NO2S/c1-4-5-6-7-16-19(17,18)13-10(3)11(14)8-9(2)12(13)15/h4-5,8,16H,6-7H2,1-3H3/b5-4+. The van der Waals surface area contributed by atoms with Crippen LogP contribution in [-0.4, -0.2) is 15.0 Å². The molecule has 0 aliphatic rings. The summed E-state index contributed by atoms with van der Waals surface area (Å²) >= 11 is 12.1. The highest BCUT2D eigenvalue weighted by atomic mass is 35.5. The van der Waals surface area contributed by atoms with Gasteiger partial charge in [-0.1, -0.05) is 35.4 Å². The van der Waals surface area contributed by atoms with Crippen molar-refractivity contribution in [2.24, 2.45) is 0 Å². The molecule has 0 atom stereocenters. The van der Waals surface area contributed by atoms with Crippen molar-refractivity contribution < 1.29 is 8.42 Å². The van der Waals surface area contributed by atoms with Gasteiger partial charge in [-0.25, -0.2) is 13.1 Å². The normalized spacial score (nSPS) is 12.3. The van der Waals surface area contributed by atoms with Gasteiger partial charge >= 0.3 is 0 Å². The van der Waals surface area contributed by atoms with Crippen molar-refractivity contribution in [3.63, 3.8) is 0 Å². The highest BCUT2D eigenvalue weighted by molar-refractivity contribution is 7.89. The summed E-state index contributed by atoms with van der Waals surface area (Å²) < 4.78 is 27.1. The Balaban J connectivity index is 3.14. The second-order valence-corrected chi connectivity index (χ2v) is 6.69. The van der Waals surface area contributed by atoms with Gasteiger partial charge in [0, 0.05) is 11.6 Å². The lowest BCUT2D eigenvalue weighted by molar-refractivity contribution is 0.581. The molecule has 0 fully saturated rings. The maximum absolute atomic E-state index is 12.3. The summed E-state index contributed by atoms with van der Waals surface area (Å²) in [7, 11) is -3.65. The van der Waals surface area contributed by atoms with Crippen molar-refractivity contribution in [3.05, 3.63) is 39.4 Å². The van der Waals surface area contributed by atoms with Gasteiger partial charge in [0.05, 0.1) is 5.02 Å². The van der Waals surface area contributed by atoms with Gasteiger partial charge in [0.25, 0.3) is 0 Å². The molecule has 1 rings (SSSR count). The smallest absolute Gasteiger partial charge is 0.211 e. The minimum atomic E-state index is -3.65. The molecule has 3 nitrogen and oxygen atoms in total. The predicted molar refractivity (Wildman–Crippen MR) is 80.6 cm³/mol. The molecule has 106 valence electrons. The van der Waals surface area contributed by atoms with E-state index in [1.807, 2.05) is 19.1 Å². The number of nitrogens with one attached hydrogen (secondary N) is 1. The molecule has 0 amide bonds. The van der Waals surface area contributed by atoms with Gasteiger partial charge in [0.15, 0.2) is 0 Å². The Kier molecular flexibility index (Phi) is 5.86. The molecular weight excluding hydrogens is 305 g/mol. The van der Waals surface area contributed by atoms with E-state index in [1.54, 1.807) is 19.9 Å². The Morgan fingerprint density at radius 2 is 1.95 bits per heavy atom. The van der Waals surface area contributed by atoms with E-state index in [2.05, 4.69) is 4.72 Å². The number of hydrogen-bond donors (Lipinski definition) is 1. The molecule has 0 aliphatic heterocycles. The average molecular weight is 322 g/mol. The van der Waals surface area contributed by atoms with Gasteiger partial charge in [-0.3, -0.25) is 0 Å². The van der Waals surface area contributed by atoms with E-state index < -0.39 is 10.0 Å². The lowest BCUT2D eigenvalue weighted by atomic mass is 10.2. The molecule has 0 aromatic heterocycles. The zero-order chi connectivity index (χ0) is 14.6. The van der Waals surface area contributed by atoms with Gasteiger partial charge in [-0.2, -0.15) is 0 Å². The summed E-state index contributed by atoms with van der Waals surface area (Å²) in [6.07, 6.45) is 4.39. The number of sulfonamides is 1. The number of benzene rings is 1. The van der Waals surface area contributed by atoms with Crippen LogP contribution < -0.4 is 4.72 Å². The van der Waals surface area contributed by atoms with Crippen molar-refractivity contribution in [3.8, 4) is 0 Å². The Morgan fingerprint density at radius 3 is 2.53 bits per heavy atom. The first kappa shape index (κ1) is 16.5. The second-order valence-electron chi connectivity index (χ2n) is 4.20. The van der Waals surface area contributed by atoms with Crippen molar-refractivity contribution >= 4 is 33.2 Å². The van der Waals surface area contributed by atoms with Crippen LogP contribution in [0.15, 0.2) is 23.1 Å². The molecule has 0 unspecified atom stereocenters. The van der Waals surface area contributed by atoms with Crippen LogP contribution in [0.5, 0.6) is 0 Å². The molecular formula is C13H17Cl2NO2S. The van der Waals surface area contributed by atoms with Gasteiger partial charge in [0.2, 0.25) is 10.0 Å². The minimum Gasteiger partial charge on any atom is -0.211 e. The zero-order valence-electron chi connectivity index (χ0n) is 11.1. The lowest BCUT2D eigenvalue weighted by Crippen LogP contribution is -2.25. The van der Waals surface area contributed by atoms with E-state index in [-0.39, 0.29) is 9.92 Å². The zero-order valence-corrected chi connectivity index (χ0v) is 13.5. The SMILES string of the molecule is C/C=C/CCNS(=O)(=O)c1c(C)c(Cl)cc(C)c1Cl. The molecule has 1 N–H and O–H groups in total. The Bertz CT molecular complexity index is 569. The third kappa shape index (κ3) is 3.96. The van der Waals surface area contributed by atoms with Crippen LogP contribution in [0.4, 0.5) is 0 Å². The summed E-state index contributed by atoms with van der Waals surface area (Å²) in [6, 6.07) is 1.66. The summed E-state index contributed by atoms with van der Waals surface area (Å²) in [5, 5.41) is 0.621. The highest BCUT2D eigenvalue weighted by Gasteiger charge is 2.23. The van der Waals surface area contributed by atoms with Crippen molar-refractivity contribution in [1.29, 1.82) is 0 Å². The summed E-state index contributed by atoms with van der Waals surface area (Å²) in [5.41, 5.74) is 1.11. The van der Waals surface area contributed by atoms with Crippen LogP contribution in [0.1, 0.15) is 24.5 Å². The van der Waals surface area contributed by atoms with Gasteiger partial charge < -0.3 is 0 Å². The fourth-order valence-corrected chi connectivity index (χ4v) is 3.90. The highest BCUT2D eigenvalue weighted by Crippen LogP contribution is 2.33. The first-order valence-corrected chi connectivity index (χ1v) is 8.11. The average Bonchev–Trinajstić information content (AvgIpc) is 2.32. The molecule has 19 heavy (non-hydrogen) atoms. The van der Waals surface area contributed by atoms with Gasteiger partial charge in [0.1, 0.15) is 4.90 Å². The Hall–Kier alpha value is -0.550. The first-order valence-electron chi connectivity index (χ1n) is 5.87. The van der Waals surface area contributed by atoms with Crippen LogP contribution in [-0.2, 0) is 10.0 Å². The van der Waals surface area contributed by atoms with Crippen LogP contribution in [0.25, 0.3) is 0 Å². The second kappa shape index (κ2) is 6.75. The molecule has 0 bridgehead atoms. The van der Waals surface area contributed by atoms with Crippen LogP contribution >= 0.6 is 23.2 Å². The third-order valence-electron chi connectivity index (χ3n) is 2.70. The van der Waals surface area contributed by atoms with E-state index in [4.69, 9.17) is 23.2 Å². The third-order valence-corrected chi connectivity index (χ3v) is 5.32. The van der Waals surface area contributed by atoms with Gasteiger partial charge in [-0.15, -0.1) is 0 Å². The predicted octanol–water partition coefficient (Wildman–Crippen LogP) is 3.85. The molecule has 6 heteroatoms. The largest absolute Gasteiger partial charge is 0.242 e. The lowest BCUT2D eigenvalue weighted by Gasteiger charge is -2.13. The summed E-state index contributed by atoms with van der Waals surface area (Å²) in [5.74, 6) is 0. The molecule has 0 aliphatic carbocycles. The van der Waals surface area contributed by atoms with E-state index in [0.717, 1.165) is 0 Å². The minimum absolute atomic E-state index is 0.0691. The Morgan fingerprint density at radius 1 is 1.32 bits per heavy atom. The fraction of sp³-hybridized carbons (Fsp3) is 0.385. The van der Waals surface area contributed by atoms with Crippen molar-refractivity contribution in [2.45, 2.75) is 32.1 Å². The number of aryl methyl sites for hydroxylation is 1. The van der Waals surface area contributed by atoms with Crippen molar-refractivity contribution in [1.82, 2.24) is 4.72 Å². The monoisotopic (exact) mass is 321 g/mol. The van der Waals surface area contributed by atoms with E-state index >= 15 is 0 Å². The number of rotatable bonds is 5. The van der Waals surface area contributed by atoms with Gasteiger partial charge in [-0.05, 0) is 44.4 Å². The van der Waals surface area contributed by atoms with E-state index in [1.165, 1.54) is 0 Å². The first-order chi connectivity index (χ1) is 8.81. The summed E-state index contributed by atoms with van der Waals surface area (Å²) in [4.78, 5) is 0.0691. The molecule has 0 saturated carbocycles. The maximum atomic E-state index is 12.3. The summed E-state index contributed by atoms with van der Waals surface area (Å²) in [6.45, 7) is 5.59. The molecule has 0 spiro atoms. The van der Waals surface area contributed by atoms with Crippen LogP contribution in [0.3, 0.4) is 0 Å². The number of hydrogen-bond acceptors (Lipinski definition) is 2. The number of allylic oxidation sites excluding steroid dienone is 1. The molecule has 0 saturated heterocycles. The molecule has 0 radical (unpaired) electrons. The van der Waals surface area contributed by atoms with E-state index in [0.29, 0.717) is 29.1 Å². The topological polar surface area (TPSA) is 46.2 Å². The molecule has 0 heterocycles. The van der Waals surface area contributed by atoms with Crippen LogP contribution in [0, 0.1) is 13.8 Å². The van der Waals surface area contributed by atoms with Crippen molar-refractivity contribution in [2.75, 3.05) is 6.54 Å². The maximum Gasteiger partial charge on any atom is 0.242 e. The number of halogens is 2. The quantitative estimate of drug-likeness (QED) is 0.661. The fourth-order valence-electron chi connectivity index (χ4n) is 1.65.